The van der Waals surface area contributed by atoms with E-state index in [1.807, 2.05) is 6.07 Å². The second-order valence-corrected chi connectivity index (χ2v) is 6.54. The highest BCUT2D eigenvalue weighted by Gasteiger charge is 2.26. The Morgan fingerprint density at radius 1 is 1.19 bits per heavy atom. The van der Waals surface area contributed by atoms with Crippen molar-refractivity contribution in [2.75, 3.05) is 32.7 Å². The molecule has 0 amide bonds. The van der Waals surface area contributed by atoms with Crippen molar-refractivity contribution < 1.29 is 9.90 Å². The zero-order valence-electron chi connectivity index (χ0n) is 12.1. The number of piperazine rings is 1. The molecule has 0 radical (unpaired) electrons. The number of carboxylic acids is 1. The highest BCUT2D eigenvalue weighted by molar-refractivity contribution is 6.31. The molecule has 0 spiro atoms. The Labute approximate surface area is 130 Å². The van der Waals surface area contributed by atoms with E-state index in [0.717, 1.165) is 44.2 Å². The largest absolute Gasteiger partial charge is 0.478 e. The fourth-order valence-corrected chi connectivity index (χ4v) is 3.09. The fraction of sp³-hybridized carbons (Fsp3) is 0.562. The molecule has 4 nitrogen and oxygen atoms in total. The van der Waals surface area contributed by atoms with Crippen LogP contribution in [0.4, 0.5) is 0 Å². The molecule has 114 valence electrons. The molecule has 0 atom stereocenters. The van der Waals surface area contributed by atoms with Crippen LogP contribution in [0.1, 0.15) is 28.8 Å². The van der Waals surface area contributed by atoms with Gasteiger partial charge in [-0.05, 0) is 36.5 Å². The number of rotatable bonds is 5. The van der Waals surface area contributed by atoms with Gasteiger partial charge in [0, 0.05) is 44.3 Å². The van der Waals surface area contributed by atoms with Crippen LogP contribution in [0.3, 0.4) is 0 Å². The van der Waals surface area contributed by atoms with Crippen molar-refractivity contribution in [2.45, 2.75) is 19.4 Å². The van der Waals surface area contributed by atoms with Crippen molar-refractivity contribution in [3.05, 3.63) is 34.3 Å². The molecular weight excluding hydrogens is 288 g/mol. The first kappa shape index (κ1) is 14.8. The predicted molar refractivity (Wildman–Crippen MR) is 82.9 cm³/mol. The van der Waals surface area contributed by atoms with Crippen LogP contribution in [0.2, 0.25) is 5.02 Å². The van der Waals surface area contributed by atoms with Crippen LogP contribution in [0, 0.1) is 5.92 Å². The molecule has 1 heterocycles. The molecule has 1 aromatic rings. The molecule has 0 bridgehead atoms. The molecule has 2 fully saturated rings. The molecule has 1 saturated carbocycles. The second kappa shape index (κ2) is 6.34. The molecular formula is C16H21ClN2O2. The van der Waals surface area contributed by atoms with Gasteiger partial charge in [-0.25, -0.2) is 4.79 Å². The first-order valence-electron chi connectivity index (χ1n) is 7.58. The lowest BCUT2D eigenvalue weighted by molar-refractivity contribution is 0.0697. The molecule has 2 aliphatic rings. The monoisotopic (exact) mass is 308 g/mol. The van der Waals surface area contributed by atoms with Gasteiger partial charge in [-0.2, -0.15) is 0 Å². The minimum absolute atomic E-state index is 0.248. The van der Waals surface area contributed by atoms with Crippen LogP contribution in [0.25, 0.3) is 0 Å². The fourth-order valence-electron chi connectivity index (χ4n) is 2.85. The number of carboxylic acid groups (broad SMARTS) is 1. The lowest BCUT2D eigenvalue weighted by atomic mass is 10.1. The minimum Gasteiger partial charge on any atom is -0.478 e. The van der Waals surface area contributed by atoms with E-state index >= 15 is 0 Å². The summed E-state index contributed by atoms with van der Waals surface area (Å²) >= 11 is 6.20. The summed E-state index contributed by atoms with van der Waals surface area (Å²) in [5, 5.41) is 9.50. The Bertz CT molecular complexity index is 523. The zero-order chi connectivity index (χ0) is 14.8. The van der Waals surface area contributed by atoms with Crippen molar-refractivity contribution in [1.29, 1.82) is 0 Å². The van der Waals surface area contributed by atoms with E-state index in [9.17, 15) is 4.79 Å². The Morgan fingerprint density at radius 2 is 1.86 bits per heavy atom. The summed E-state index contributed by atoms with van der Waals surface area (Å²) in [5.41, 5.74) is 1.26. The third-order valence-corrected chi connectivity index (χ3v) is 4.72. The van der Waals surface area contributed by atoms with E-state index in [-0.39, 0.29) is 5.56 Å². The van der Waals surface area contributed by atoms with Crippen LogP contribution >= 0.6 is 11.6 Å². The summed E-state index contributed by atoms with van der Waals surface area (Å²) in [4.78, 5) is 15.9. The molecule has 1 aliphatic carbocycles. The Morgan fingerprint density at radius 3 is 2.43 bits per heavy atom. The van der Waals surface area contributed by atoms with Crippen molar-refractivity contribution >= 4 is 17.6 Å². The maximum atomic E-state index is 10.9. The van der Waals surface area contributed by atoms with Gasteiger partial charge in [0.15, 0.2) is 0 Å². The maximum absolute atomic E-state index is 10.9. The van der Waals surface area contributed by atoms with Crippen molar-refractivity contribution in [1.82, 2.24) is 9.80 Å². The van der Waals surface area contributed by atoms with Crippen LogP contribution < -0.4 is 0 Å². The first-order valence-corrected chi connectivity index (χ1v) is 7.96. The first-order chi connectivity index (χ1) is 10.1. The van der Waals surface area contributed by atoms with Gasteiger partial charge < -0.3 is 10.0 Å². The Balaban J connectivity index is 1.53. The number of benzene rings is 1. The van der Waals surface area contributed by atoms with E-state index in [1.54, 1.807) is 12.1 Å². The summed E-state index contributed by atoms with van der Waals surface area (Å²) in [6, 6.07) is 5.01. The van der Waals surface area contributed by atoms with Crippen molar-refractivity contribution in [2.24, 2.45) is 5.92 Å². The molecule has 1 aromatic carbocycles. The third-order valence-electron chi connectivity index (χ3n) is 4.37. The topological polar surface area (TPSA) is 43.8 Å². The molecule has 3 rings (SSSR count). The van der Waals surface area contributed by atoms with Crippen LogP contribution in [0.5, 0.6) is 0 Å². The van der Waals surface area contributed by atoms with E-state index < -0.39 is 5.97 Å². The number of hydrogen-bond donors (Lipinski definition) is 1. The van der Waals surface area contributed by atoms with Gasteiger partial charge in [-0.1, -0.05) is 17.7 Å². The van der Waals surface area contributed by atoms with E-state index in [4.69, 9.17) is 16.7 Å². The van der Waals surface area contributed by atoms with Crippen molar-refractivity contribution in [3.8, 4) is 0 Å². The summed E-state index contributed by atoms with van der Waals surface area (Å²) in [7, 11) is 0. The van der Waals surface area contributed by atoms with Crippen molar-refractivity contribution in [3.63, 3.8) is 0 Å². The van der Waals surface area contributed by atoms with Gasteiger partial charge >= 0.3 is 5.97 Å². The molecule has 1 saturated heterocycles. The minimum atomic E-state index is -0.933. The molecule has 1 N–H and O–H groups in total. The molecule has 21 heavy (non-hydrogen) atoms. The van der Waals surface area contributed by atoms with E-state index in [0.29, 0.717) is 5.02 Å². The lowest BCUT2D eigenvalue weighted by Gasteiger charge is -2.34. The molecule has 0 aromatic heterocycles. The molecule has 1 aliphatic heterocycles. The summed E-state index contributed by atoms with van der Waals surface area (Å²) in [6.07, 6.45) is 2.82. The van der Waals surface area contributed by atoms with Gasteiger partial charge in [0.1, 0.15) is 0 Å². The Kier molecular flexibility index (Phi) is 4.48. The Hall–Kier alpha value is -1.10. The molecule has 0 unspecified atom stereocenters. The predicted octanol–water partition coefficient (Wildman–Crippen LogP) is 2.57. The average molecular weight is 309 g/mol. The standard InChI is InChI=1S/C16H21ClN2O2/c17-15-9-13(16(20)21)3-4-14(15)11-19-7-5-18(6-8-19)10-12-1-2-12/h3-4,9,12H,1-2,5-8,10-11H2,(H,20,21). The second-order valence-electron chi connectivity index (χ2n) is 6.13. The number of carbonyl (C=O) groups is 1. The van der Waals surface area contributed by atoms with Crippen LogP contribution in [0.15, 0.2) is 18.2 Å². The lowest BCUT2D eigenvalue weighted by Crippen LogP contribution is -2.46. The number of halogens is 1. The number of hydrogen-bond acceptors (Lipinski definition) is 3. The van der Waals surface area contributed by atoms with Crippen LogP contribution in [-0.2, 0) is 6.54 Å². The number of aromatic carboxylic acids is 1. The van der Waals surface area contributed by atoms with Gasteiger partial charge in [-0.15, -0.1) is 0 Å². The maximum Gasteiger partial charge on any atom is 0.335 e. The smallest absolute Gasteiger partial charge is 0.335 e. The SMILES string of the molecule is O=C(O)c1ccc(CN2CCN(CC3CC3)CC2)c(Cl)c1. The summed E-state index contributed by atoms with van der Waals surface area (Å²) in [6.45, 7) is 6.44. The summed E-state index contributed by atoms with van der Waals surface area (Å²) < 4.78 is 0. The molecule has 5 heteroatoms. The normalized spacial score (nSPS) is 20.6. The van der Waals surface area contributed by atoms with E-state index in [1.165, 1.54) is 19.4 Å². The number of nitrogens with zero attached hydrogens (tertiary/aromatic N) is 2. The zero-order valence-corrected chi connectivity index (χ0v) is 12.9. The van der Waals surface area contributed by atoms with Gasteiger partial charge in [-0.3, -0.25) is 4.90 Å². The quantitative estimate of drug-likeness (QED) is 0.908. The highest BCUT2D eigenvalue weighted by atomic mass is 35.5. The summed E-state index contributed by atoms with van der Waals surface area (Å²) in [5.74, 6) is 0.0201. The van der Waals surface area contributed by atoms with E-state index in [2.05, 4.69) is 9.80 Å². The van der Waals surface area contributed by atoms with Gasteiger partial charge in [0.25, 0.3) is 0 Å². The highest BCUT2D eigenvalue weighted by Crippen LogP contribution is 2.30. The average Bonchev–Trinajstić information content (AvgIpc) is 3.27. The third kappa shape index (κ3) is 3.96. The van der Waals surface area contributed by atoms with Crippen LogP contribution in [-0.4, -0.2) is 53.6 Å². The van der Waals surface area contributed by atoms with Gasteiger partial charge in [0.2, 0.25) is 0 Å². The van der Waals surface area contributed by atoms with Gasteiger partial charge in [0.05, 0.1) is 5.56 Å².